The van der Waals surface area contributed by atoms with Crippen LogP contribution in [0.1, 0.15) is 24.2 Å². The van der Waals surface area contributed by atoms with Crippen molar-refractivity contribution >= 4 is 52.4 Å². The molecule has 0 unspecified atom stereocenters. The van der Waals surface area contributed by atoms with Crippen LogP contribution in [-0.2, 0) is 14.3 Å². The van der Waals surface area contributed by atoms with Crippen LogP contribution >= 0.6 is 23.2 Å². The van der Waals surface area contributed by atoms with E-state index in [2.05, 4.69) is 10.6 Å². The van der Waals surface area contributed by atoms with E-state index in [1.165, 1.54) is 26.0 Å². The lowest BCUT2D eigenvalue weighted by Crippen LogP contribution is -2.30. The smallest absolute Gasteiger partial charge is 0.341 e. The average Bonchev–Trinajstić information content (AvgIpc) is 2.56. The van der Waals surface area contributed by atoms with E-state index in [0.717, 1.165) is 0 Å². The first-order valence-electron chi connectivity index (χ1n) is 7.61. The van der Waals surface area contributed by atoms with Crippen LogP contribution in [0.4, 0.5) is 11.4 Å². The van der Waals surface area contributed by atoms with Crippen LogP contribution in [0.3, 0.4) is 0 Å². The Balaban J connectivity index is 1.99. The Labute approximate surface area is 160 Å². The van der Waals surface area contributed by atoms with E-state index in [4.69, 9.17) is 27.9 Å². The van der Waals surface area contributed by atoms with Crippen LogP contribution in [0.2, 0.25) is 10.0 Å². The van der Waals surface area contributed by atoms with Gasteiger partial charge in [-0.15, -0.1) is 0 Å². The van der Waals surface area contributed by atoms with E-state index in [0.29, 0.717) is 11.4 Å². The number of hydrogen-bond acceptors (Lipinski definition) is 4. The molecule has 0 aromatic heterocycles. The number of ether oxygens (including phenoxy) is 1. The molecule has 0 saturated carbocycles. The molecule has 2 aromatic carbocycles. The number of nitrogens with one attached hydrogen (secondary N) is 2. The fourth-order valence-corrected chi connectivity index (χ4v) is 2.60. The predicted octanol–water partition coefficient (Wildman–Crippen LogP) is 4.14. The summed E-state index contributed by atoms with van der Waals surface area (Å²) in [4.78, 5) is 35.4. The van der Waals surface area contributed by atoms with Crippen molar-refractivity contribution < 1.29 is 19.1 Å². The third-order valence-corrected chi connectivity index (χ3v) is 3.92. The maximum atomic E-state index is 12.2. The van der Waals surface area contributed by atoms with Gasteiger partial charge in [-0.2, -0.15) is 0 Å². The third-order valence-electron chi connectivity index (χ3n) is 3.29. The fraction of sp³-hybridized carbons (Fsp3) is 0.167. The molecule has 0 aliphatic heterocycles. The zero-order valence-electron chi connectivity index (χ0n) is 14.0. The summed E-state index contributed by atoms with van der Waals surface area (Å²) in [5, 5.41) is 5.51. The van der Waals surface area contributed by atoms with Gasteiger partial charge in [-0.1, -0.05) is 29.3 Å². The standard InChI is InChI=1S/C18H16Cl2N2O4/c1-10(26-18(25)16-14(19)4-3-5-15(16)20)17(24)22-13-8-6-12(7-9-13)21-11(2)23/h3-10H,1-2H3,(H,21,23)(H,22,24)/t10-/m1/s1. The number of amides is 2. The molecular formula is C18H16Cl2N2O4. The Hall–Kier alpha value is -2.57. The number of anilines is 2. The van der Waals surface area contributed by atoms with Crippen LogP contribution in [-0.4, -0.2) is 23.9 Å². The van der Waals surface area contributed by atoms with E-state index >= 15 is 0 Å². The summed E-state index contributed by atoms with van der Waals surface area (Å²) < 4.78 is 5.13. The SMILES string of the molecule is CC(=O)Nc1ccc(NC(=O)[C@@H](C)OC(=O)c2c(Cl)cccc2Cl)cc1. The van der Waals surface area contributed by atoms with Gasteiger partial charge < -0.3 is 15.4 Å². The first-order valence-corrected chi connectivity index (χ1v) is 8.37. The highest BCUT2D eigenvalue weighted by Gasteiger charge is 2.22. The molecule has 8 heteroatoms. The lowest BCUT2D eigenvalue weighted by atomic mass is 10.2. The second-order valence-corrected chi connectivity index (χ2v) is 6.21. The van der Waals surface area contributed by atoms with Gasteiger partial charge in [0.2, 0.25) is 5.91 Å². The molecule has 0 aliphatic carbocycles. The van der Waals surface area contributed by atoms with E-state index < -0.39 is 18.0 Å². The van der Waals surface area contributed by atoms with Crippen LogP contribution < -0.4 is 10.6 Å². The van der Waals surface area contributed by atoms with Gasteiger partial charge in [0.1, 0.15) is 0 Å². The summed E-state index contributed by atoms with van der Waals surface area (Å²) in [5.74, 6) is -1.50. The lowest BCUT2D eigenvalue weighted by molar-refractivity contribution is -0.123. The highest BCUT2D eigenvalue weighted by atomic mass is 35.5. The minimum Gasteiger partial charge on any atom is -0.449 e. The third kappa shape index (κ3) is 5.21. The quantitative estimate of drug-likeness (QED) is 0.746. The molecule has 0 bridgehead atoms. The van der Waals surface area contributed by atoms with Crippen molar-refractivity contribution in [3.8, 4) is 0 Å². The highest BCUT2D eigenvalue weighted by molar-refractivity contribution is 6.39. The van der Waals surface area contributed by atoms with Crippen molar-refractivity contribution in [2.45, 2.75) is 20.0 Å². The van der Waals surface area contributed by atoms with Gasteiger partial charge >= 0.3 is 5.97 Å². The van der Waals surface area contributed by atoms with Crippen molar-refractivity contribution in [2.24, 2.45) is 0 Å². The highest BCUT2D eigenvalue weighted by Crippen LogP contribution is 2.25. The van der Waals surface area contributed by atoms with Crippen molar-refractivity contribution in [3.05, 3.63) is 58.1 Å². The number of hydrogen-bond donors (Lipinski definition) is 2. The van der Waals surface area contributed by atoms with Gasteiger partial charge in [0.15, 0.2) is 6.10 Å². The molecule has 0 aliphatic rings. The number of rotatable bonds is 5. The molecule has 2 amide bonds. The molecule has 6 nitrogen and oxygen atoms in total. The largest absolute Gasteiger partial charge is 0.449 e. The molecule has 0 spiro atoms. The summed E-state index contributed by atoms with van der Waals surface area (Å²) in [6.07, 6.45) is -1.06. The summed E-state index contributed by atoms with van der Waals surface area (Å²) in [6.45, 7) is 2.83. The topological polar surface area (TPSA) is 84.5 Å². The monoisotopic (exact) mass is 394 g/mol. The minimum atomic E-state index is -1.06. The number of carbonyl (C=O) groups excluding carboxylic acids is 3. The molecule has 0 fully saturated rings. The maximum absolute atomic E-state index is 12.2. The Morgan fingerprint density at radius 3 is 1.92 bits per heavy atom. The van der Waals surface area contributed by atoms with E-state index in [1.807, 2.05) is 0 Å². The van der Waals surface area contributed by atoms with Crippen LogP contribution in [0, 0.1) is 0 Å². The molecule has 2 rings (SSSR count). The Kier molecular flexibility index (Phi) is 6.60. The molecule has 0 heterocycles. The fourth-order valence-electron chi connectivity index (χ4n) is 2.05. The van der Waals surface area contributed by atoms with Gasteiger partial charge in [0.05, 0.1) is 15.6 Å². The normalized spacial score (nSPS) is 11.4. The Morgan fingerprint density at radius 2 is 1.42 bits per heavy atom. The van der Waals surface area contributed by atoms with Crippen molar-refractivity contribution in [2.75, 3.05) is 10.6 Å². The average molecular weight is 395 g/mol. The molecule has 1 atom stereocenters. The van der Waals surface area contributed by atoms with Crippen molar-refractivity contribution in [3.63, 3.8) is 0 Å². The Morgan fingerprint density at radius 1 is 0.923 bits per heavy atom. The van der Waals surface area contributed by atoms with Crippen molar-refractivity contribution in [1.29, 1.82) is 0 Å². The molecule has 0 radical (unpaired) electrons. The predicted molar refractivity (Wildman–Crippen MR) is 101 cm³/mol. The summed E-state index contributed by atoms with van der Waals surface area (Å²) in [5.41, 5.74) is 1.10. The van der Waals surface area contributed by atoms with Crippen LogP contribution in [0.15, 0.2) is 42.5 Å². The number of benzene rings is 2. The first-order chi connectivity index (χ1) is 12.3. The molecule has 0 saturated heterocycles. The zero-order valence-corrected chi connectivity index (χ0v) is 15.5. The summed E-state index contributed by atoms with van der Waals surface area (Å²) in [6, 6.07) is 11.1. The van der Waals surface area contributed by atoms with E-state index in [1.54, 1.807) is 30.3 Å². The molecule has 2 aromatic rings. The van der Waals surface area contributed by atoms with Crippen LogP contribution in [0.5, 0.6) is 0 Å². The van der Waals surface area contributed by atoms with E-state index in [9.17, 15) is 14.4 Å². The summed E-state index contributed by atoms with van der Waals surface area (Å²) >= 11 is 11.9. The number of esters is 1. The second-order valence-electron chi connectivity index (χ2n) is 5.39. The van der Waals surface area contributed by atoms with Gasteiger partial charge in [-0.3, -0.25) is 9.59 Å². The zero-order chi connectivity index (χ0) is 19.3. The minimum absolute atomic E-state index is 0.00939. The first kappa shape index (κ1) is 19.8. The van der Waals surface area contributed by atoms with Gasteiger partial charge in [-0.25, -0.2) is 4.79 Å². The lowest BCUT2D eigenvalue weighted by Gasteiger charge is -2.15. The summed E-state index contributed by atoms with van der Waals surface area (Å²) in [7, 11) is 0. The molecular weight excluding hydrogens is 379 g/mol. The van der Waals surface area contributed by atoms with Crippen LogP contribution in [0.25, 0.3) is 0 Å². The maximum Gasteiger partial charge on any atom is 0.341 e. The Bertz CT molecular complexity index is 817. The molecule has 2 N–H and O–H groups in total. The van der Waals surface area contributed by atoms with Gasteiger partial charge in [0, 0.05) is 18.3 Å². The number of carbonyl (C=O) groups is 3. The van der Waals surface area contributed by atoms with E-state index in [-0.39, 0.29) is 21.5 Å². The number of halogens is 2. The van der Waals surface area contributed by atoms with Gasteiger partial charge in [0.25, 0.3) is 5.91 Å². The second kappa shape index (κ2) is 8.69. The molecule has 26 heavy (non-hydrogen) atoms. The molecule has 136 valence electrons. The van der Waals surface area contributed by atoms with Crippen molar-refractivity contribution in [1.82, 2.24) is 0 Å². The van der Waals surface area contributed by atoms with Gasteiger partial charge in [-0.05, 0) is 43.3 Å².